The Hall–Kier alpha value is -1.03. The number of imidazole rings is 1. The molecule has 0 spiro atoms. The van der Waals surface area contributed by atoms with E-state index in [2.05, 4.69) is 4.98 Å². The molecule has 1 aliphatic rings. The molecule has 4 heteroatoms. The average Bonchev–Trinajstić information content (AvgIpc) is 2.46. The van der Waals surface area contributed by atoms with Crippen LogP contribution in [-0.4, -0.2) is 15.8 Å². The summed E-state index contributed by atoms with van der Waals surface area (Å²) in [6, 6.07) is 0. The maximum Gasteiger partial charge on any atom is 0.170 e. The molecule has 0 aliphatic carbocycles. The molecule has 11 heavy (non-hydrogen) atoms. The Morgan fingerprint density at radius 1 is 1.73 bits per heavy atom. The first kappa shape index (κ1) is 6.67. The molecule has 0 bridgehead atoms. The van der Waals surface area contributed by atoms with E-state index in [0.717, 1.165) is 17.9 Å². The summed E-state index contributed by atoms with van der Waals surface area (Å²) < 4.78 is 1.88. The van der Waals surface area contributed by atoms with Gasteiger partial charge >= 0.3 is 0 Å². The fourth-order valence-corrected chi connectivity index (χ4v) is 1.65. The highest BCUT2D eigenvalue weighted by Crippen LogP contribution is 2.18. The lowest BCUT2D eigenvalue weighted by Crippen LogP contribution is -1.95. The normalized spacial score (nSPS) is 14.5. The zero-order valence-electron chi connectivity index (χ0n) is 5.73. The van der Waals surface area contributed by atoms with Crippen LogP contribution >= 0.6 is 11.8 Å². The van der Waals surface area contributed by atoms with Crippen molar-refractivity contribution in [1.82, 2.24) is 9.55 Å². The van der Waals surface area contributed by atoms with Crippen LogP contribution < -0.4 is 0 Å². The minimum absolute atomic E-state index is 0.507. The van der Waals surface area contributed by atoms with Gasteiger partial charge in [-0.15, -0.1) is 11.8 Å². The minimum Gasteiger partial charge on any atom is -0.309 e. The minimum atomic E-state index is 0.507. The molecule has 0 aromatic carbocycles. The van der Waals surface area contributed by atoms with Gasteiger partial charge in [-0.05, 0) is 5.41 Å². The monoisotopic (exact) mass is 166 g/mol. The van der Waals surface area contributed by atoms with E-state index < -0.39 is 0 Å². The number of carbonyl (C=O) groups excluding carboxylic acids is 1. The quantitative estimate of drug-likeness (QED) is 0.591. The fourth-order valence-electron chi connectivity index (χ4n) is 0.977. The Morgan fingerprint density at radius 2 is 2.64 bits per heavy atom. The van der Waals surface area contributed by atoms with Gasteiger partial charge in [-0.1, -0.05) is 0 Å². The van der Waals surface area contributed by atoms with Crippen molar-refractivity contribution in [3.63, 3.8) is 0 Å². The van der Waals surface area contributed by atoms with Gasteiger partial charge in [0.15, 0.2) is 6.29 Å². The van der Waals surface area contributed by atoms with E-state index >= 15 is 0 Å². The first-order valence-electron chi connectivity index (χ1n) is 3.21. The molecule has 1 aromatic heterocycles. The Balaban J connectivity index is 2.49. The number of thioether (sulfide) groups is 1. The Kier molecular flexibility index (Phi) is 1.54. The molecule has 0 radical (unpaired) electrons. The number of rotatable bonds is 1. The summed E-state index contributed by atoms with van der Waals surface area (Å²) in [5, 5.41) is 1.99. The molecule has 2 rings (SSSR count). The zero-order valence-corrected chi connectivity index (χ0v) is 6.54. The van der Waals surface area contributed by atoms with Crippen LogP contribution in [0.25, 0.3) is 6.20 Å². The van der Waals surface area contributed by atoms with E-state index in [1.165, 1.54) is 0 Å². The number of nitrogens with zero attached hydrogens (tertiary/aromatic N) is 2. The number of aromatic nitrogens is 2. The van der Waals surface area contributed by atoms with Gasteiger partial charge in [0.05, 0.1) is 5.75 Å². The predicted octanol–water partition coefficient (Wildman–Crippen LogP) is 1.37. The molecule has 0 unspecified atom stereocenters. The summed E-state index contributed by atoms with van der Waals surface area (Å²) in [6.07, 6.45) is 4.41. The van der Waals surface area contributed by atoms with Crippen molar-refractivity contribution in [3.8, 4) is 0 Å². The lowest BCUT2D eigenvalue weighted by atomic mass is 10.5. The Labute approximate surface area is 68.1 Å². The first-order chi connectivity index (χ1) is 5.40. The van der Waals surface area contributed by atoms with Crippen molar-refractivity contribution in [2.75, 3.05) is 0 Å². The largest absolute Gasteiger partial charge is 0.309 e. The lowest BCUT2D eigenvalue weighted by molar-refractivity contribution is 0.111. The maximum atomic E-state index is 10.3. The van der Waals surface area contributed by atoms with Crippen molar-refractivity contribution in [2.45, 2.75) is 5.75 Å². The van der Waals surface area contributed by atoms with Crippen LogP contribution in [0.4, 0.5) is 0 Å². The molecule has 0 atom stereocenters. The number of aldehydes is 1. The van der Waals surface area contributed by atoms with Gasteiger partial charge < -0.3 is 4.57 Å². The molecule has 1 aliphatic heterocycles. The molecule has 0 saturated carbocycles. The summed E-state index contributed by atoms with van der Waals surface area (Å²) in [5.41, 5.74) is 0.507. The number of hydrogen-bond acceptors (Lipinski definition) is 3. The van der Waals surface area contributed by atoms with E-state index in [-0.39, 0.29) is 0 Å². The highest BCUT2D eigenvalue weighted by molar-refractivity contribution is 8.01. The molecular formula is C7H6N2OS. The van der Waals surface area contributed by atoms with Crippen LogP contribution in [0.15, 0.2) is 11.6 Å². The molecule has 0 N–H and O–H groups in total. The van der Waals surface area contributed by atoms with Crippen LogP contribution in [0.2, 0.25) is 0 Å². The summed E-state index contributed by atoms with van der Waals surface area (Å²) in [6.45, 7) is 0. The number of carbonyl (C=O) groups is 1. The van der Waals surface area contributed by atoms with Crippen molar-refractivity contribution in [3.05, 3.63) is 23.1 Å². The third-order valence-corrected chi connectivity index (χ3v) is 2.22. The second kappa shape index (κ2) is 2.54. The van der Waals surface area contributed by atoms with Gasteiger partial charge in [-0.3, -0.25) is 4.79 Å². The molecule has 56 valence electrons. The second-order valence-electron chi connectivity index (χ2n) is 2.20. The SMILES string of the molecule is O=Cc1cn2c(n1)CSC=C2. The molecule has 0 saturated heterocycles. The molecule has 1 aromatic rings. The highest BCUT2D eigenvalue weighted by atomic mass is 32.2. The Bertz CT molecular complexity index is 316. The van der Waals surface area contributed by atoms with Crippen LogP contribution in [0, 0.1) is 0 Å². The standard InChI is InChI=1S/C7H6N2OS/c10-4-6-3-9-1-2-11-5-7(9)8-6/h1-4H,5H2. The maximum absolute atomic E-state index is 10.3. The van der Waals surface area contributed by atoms with Gasteiger partial charge in [0.2, 0.25) is 0 Å². The molecular weight excluding hydrogens is 160 g/mol. The van der Waals surface area contributed by atoms with Crippen LogP contribution in [0.3, 0.4) is 0 Å². The van der Waals surface area contributed by atoms with Gasteiger partial charge in [0.25, 0.3) is 0 Å². The van der Waals surface area contributed by atoms with E-state index in [0.29, 0.717) is 5.69 Å². The van der Waals surface area contributed by atoms with Crippen LogP contribution in [0.1, 0.15) is 16.3 Å². The zero-order chi connectivity index (χ0) is 7.68. The van der Waals surface area contributed by atoms with E-state index in [9.17, 15) is 4.79 Å². The summed E-state index contributed by atoms with van der Waals surface area (Å²) in [4.78, 5) is 14.4. The fraction of sp³-hybridized carbons (Fsp3) is 0.143. The molecule has 0 fully saturated rings. The second-order valence-corrected chi connectivity index (χ2v) is 3.10. The summed E-state index contributed by atoms with van der Waals surface area (Å²) in [7, 11) is 0. The number of hydrogen-bond donors (Lipinski definition) is 0. The molecule has 2 heterocycles. The predicted molar refractivity (Wildman–Crippen MR) is 44.2 cm³/mol. The third kappa shape index (κ3) is 1.09. The Morgan fingerprint density at radius 3 is 3.36 bits per heavy atom. The smallest absolute Gasteiger partial charge is 0.170 e. The first-order valence-corrected chi connectivity index (χ1v) is 4.26. The van der Waals surface area contributed by atoms with Gasteiger partial charge in [0, 0.05) is 12.4 Å². The van der Waals surface area contributed by atoms with Crippen molar-refractivity contribution < 1.29 is 4.79 Å². The van der Waals surface area contributed by atoms with Crippen LogP contribution in [-0.2, 0) is 5.75 Å². The van der Waals surface area contributed by atoms with E-state index in [1.807, 2.05) is 16.2 Å². The van der Waals surface area contributed by atoms with Gasteiger partial charge in [-0.2, -0.15) is 0 Å². The topological polar surface area (TPSA) is 34.9 Å². The van der Waals surface area contributed by atoms with Crippen molar-refractivity contribution in [2.24, 2.45) is 0 Å². The van der Waals surface area contributed by atoms with Crippen molar-refractivity contribution >= 4 is 24.2 Å². The van der Waals surface area contributed by atoms with Gasteiger partial charge in [0.1, 0.15) is 11.5 Å². The average molecular weight is 166 g/mol. The molecule has 3 nitrogen and oxygen atoms in total. The number of fused-ring (bicyclic) bond motifs is 1. The summed E-state index contributed by atoms with van der Waals surface area (Å²) >= 11 is 1.68. The van der Waals surface area contributed by atoms with Crippen LogP contribution in [0.5, 0.6) is 0 Å². The van der Waals surface area contributed by atoms with E-state index in [1.54, 1.807) is 18.0 Å². The lowest BCUT2D eigenvalue weighted by Gasteiger charge is -2.04. The summed E-state index contributed by atoms with van der Waals surface area (Å²) in [5.74, 6) is 1.80. The molecule has 0 amide bonds. The van der Waals surface area contributed by atoms with Crippen molar-refractivity contribution in [1.29, 1.82) is 0 Å². The van der Waals surface area contributed by atoms with E-state index in [4.69, 9.17) is 0 Å². The third-order valence-electron chi connectivity index (χ3n) is 1.48. The van der Waals surface area contributed by atoms with Gasteiger partial charge in [-0.25, -0.2) is 4.98 Å². The highest BCUT2D eigenvalue weighted by Gasteiger charge is 2.07.